The molecule has 0 amide bonds. The Bertz CT molecular complexity index is 170. The molecule has 84 valence electrons. The molecule has 2 nitrogen and oxygen atoms in total. The maximum absolute atomic E-state index is 6.07. The van der Waals surface area contributed by atoms with E-state index in [4.69, 9.17) is 5.73 Å². The fourth-order valence-electron chi connectivity index (χ4n) is 2.26. The van der Waals surface area contributed by atoms with Crippen LogP contribution in [0.4, 0.5) is 0 Å². The Labute approximate surface area is 88.8 Å². The smallest absolute Gasteiger partial charge is 0.0107 e. The molecule has 14 heavy (non-hydrogen) atoms. The van der Waals surface area contributed by atoms with Crippen molar-refractivity contribution in [3.05, 3.63) is 0 Å². The summed E-state index contributed by atoms with van der Waals surface area (Å²) >= 11 is 0. The van der Waals surface area contributed by atoms with Gasteiger partial charge in [0.1, 0.15) is 0 Å². The highest BCUT2D eigenvalue weighted by Crippen LogP contribution is 2.23. The first kappa shape index (κ1) is 12.0. The molecule has 0 aromatic heterocycles. The second kappa shape index (κ2) is 5.13. The number of rotatable bonds is 3. The second-order valence-electron chi connectivity index (χ2n) is 5.06. The molecule has 0 saturated carbocycles. The van der Waals surface area contributed by atoms with Crippen LogP contribution in [0.15, 0.2) is 0 Å². The third-order valence-electron chi connectivity index (χ3n) is 4.00. The summed E-state index contributed by atoms with van der Waals surface area (Å²) in [4.78, 5) is 2.61. The van der Waals surface area contributed by atoms with Crippen molar-refractivity contribution in [2.75, 3.05) is 13.1 Å². The van der Waals surface area contributed by atoms with Crippen LogP contribution in [-0.2, 0) is 0 Å². The van der Waals surface area contributed by atoms with Gasteiger partial charge in [-0.1, -0.05) is 27.2 Å². The molecule has 2 N–H and O–H groups in total. The van der Waals surface area contributed by atoms with Gasteiger partial charge in [-0.2, -0.15) is 0 Å². The Kier molecular flexibility index (Phi) is 4.39. The predicted octanol–water partition coefficient (Wildman–Crippen LogP) is 2.09. The zero-order valence-electron chi connectivity index (χ0n) is 10.2. The standard InChI is InChI=1S/C12H26N2/c1-5-9(2)8-14-7-6-12(13)10(3)11(14)4/h9-12H,5-8,13H2,1-4H3. The third-order valence-corrected chi connectivity index (χ3v) is 4.00. The van der Waals surface area contributed by atoms with Crippen LogP contribution >= 0.6 is 0 Å². The summed E-state index contributed by atoms with van der Waals surface area (Å²) in [6.07, 6.45) is 2.45. The Morgan fingerprint density at radius 2 is 2.07 bits per heavy atom. The lowest BCUT2D eigenvalue weighted by atomic mass is 9.87. The van der Waals surface area contributed by atoms with Crippen LogP contribution in [0.25, 0.3) is 0 Å². The highest BCUT2D eigenvalue weighted by Gasteiger charge is 2.30. The van der Waals surface area contributed by atoms with Crippen LogP contribution in [-0.4, -0.2) is 30.1 Å². The molecule has 1 rings (SSSR count). The molecule has 0 radical (unpaired) electrons. The summed E-state index contributed by atoms with van der Waals surface area (Å²) < 4.78 is 0. The van der Waals surface area contributed by atoms with Gasteiger partial charge in [0, 0.05) is 18.6 Å². The number of nitrogens with zero attached hydrogens (tertiary/aromatic N) is 1. The molecule has 4 unspecified atom stereocenters. The minimum Gasteiger partial charge on any atom is -0.327 e. The summed E-state index contributed by atoms with van der Waals surface area (Å²) in [6.45, 7) is 11.7. The summed E-state index contributed by atoms with van der Waals surface area (Å²) in [6, 6.07) is 1.07. The van der Waals surface area contributed by atoms with Crippen LogP contribution < -0.4 is 5.73 Å². The fourth-order valence-corrected chi connectivity index (χ4v) is 2.26. The van der Waals surface area contributed by atoms with Crippen molar-refractivity contribution in [3.8, 4) is 0 Å². The van der Waals surface area contributed by atoms with E-state index in [9.17, 15) is 0 Å². The molecule has 0 aromatic carbocycles. The summed E-state index contributed by atoms with van der Waals surface area (Å²) in [7, 11) is 0. The number of hydrogen-bond donors (Lipinski definition) is 1. The van der Waals surface area contributed by atoms with Gasteiger partial charge in [0.05, 0.1) is 0 Å². The van der Waals surface area contributed by atoms with Gasteiger partial charge < -0.3 is 10.6 Å². The van der Waals surface area contributed by atoms with Crippen molar-refractivity contribution in [2.24, 2.45) is 17.6 Å². The highest BCUT2D eigenvalue weighted by atomic mass is 15.2. The number of hydrogen-bond acceptors (Lipinski definition) is 2. The van der Waals surface area contributed by atoms with Gasteiger partial charge in [-0.3, -0.25) is 0 Å². The third kappa shape index (κ3) is 2.71. The summed E-state index contributed by atoms with van der Waals surface area (Å²) in [5.41, 5.74) is 6.07. The molecule has 1 heterocycles. The first-order valence-electron chi connectivity index (χ1n) is 6.05. The lowest BCUT2D eigenvalue weighted by Crippen LogP contribution is -2.52. The van der Waals surface area contributed by atoms with Gasteiger partial charge in [-0.15, -0.1) is 0 Å². The second-order valence-corrected chi connectivity index (χ2v) is 5.06. The lowest BCUT2D eigenvalue weighted by molar-refractivity contribution is 0.0835. The molecule has 0 aliphatic carbocycles. The van der Waals surface area contributed by atoms with E-state index in [1.807, 2.05) is 0 Å². The van der Waals surface area contributed by atoms with Crippen molar-refractivity contribution >= 4 is 0 Å². The molecule has 2 heteroatoms. The highest BCUT2D eigenvalue weighted by molar-refractivity contribution is 4.87. The Morgan fingerprint density at radius 1 is 1.43 bits per heavy atom. The van der Waals surface area contributed by atoms with Gasteiger partial charge in [-0.25, -0.2) is 0 Å². The molecular formula is C12H26N2. The number of likely N-dealkylation sites (tertiary alicyclic amines) is 1. The van der Waals surface area contributed by atoms with Gasteiger partial charge in [-0.05, 0) is 31.7 Å². The number of nitrogens with two attached hydrogens (primary N) is 1. The van der Waals surface area contributed by atoms with E-state index in [1.54, 1.807) is 0 Å². The van der Waals surface area contributed by atoms with E-state index in [-0.39, 0.29) is 0 Å². The van der Waals surface area contributed by atoms with E-state index in [0.717, 1.165) is 5.92 Å². The molecule has 0 spiro atoms. The summed E-state index contributed by atoms with van der Waals surface area (Å²) in [5, 5.41) is 0. The molecule has 0 bridgehead atoms. The summed E-state index contributed by atoms with van der Waals surface area (Å²) in [5.74, 6) is 1.46. The largest absolute Gasteiger partial charge is 0.327 e. The zero-order chi connectivity index (χ0) is 10.7. The topological polar surface area (TPSA) is 29.3 Å². The average Bonchev–Trinajstić information content (AvgIpc) is 2.19. The normalized spacial score (nSPS) is 37.1. The Hall–Kier alpha value is -0.0800. The average molecular weight is 198 g/mol. The van der Waals surface area contributed by atoms with Crippen LogP contribution in [0.1, 0.15) is 40.5 Å². The first-order valence-corrected chi connectivity index (χ1v) is 6.05. The molecule has 1 aliphatic heterocycles. The molecule has 1 fully saturated rings. The van der Waals surface area contributed by atoms with Crippen molar-refractivity contribution in [2.45, 2.75) is 52.6 Å². The monoisotopic (exact) mass is 198 g/mol. The molecular weight excluding hydrogens is 172 g/mol. The maximum atomic E-state index is 6.07. The van der Waals surface area contributed by atoms with Gasteiger partial charge >= 0.3 is 0 Å². The maximum Gasteiger partial charge on any atom is 0.0107 e. The van der Waals surface area contributed by atoms with E-state index >= 15 is 0 Å². The van der Waals surface area contributed by atoms with E-state index in [2.05, 4.69) is 32.6 Å². The van der Waals surface area contributed by atoms with Crippen molar-refractivity contribution < 1.29 is 0 Å². The van der Waals surface area contributed by atoms with Crippen molar-refractivity contribution in [3.63, 3.8) is 0 Å². The van der Waals surface area contributed by atoms with Crippen LogP contribution in [0.2, 0.25) is 0 Å². The minimum atomic E-state index is 0.415. The Morgan fingerprint density at radius 3 is 2.64 bits per heavy atom. The van der Waals surface area contributed by atoms with Gasteiger partial charge in [0.25, 0.3) is 0 Å². The predicted molar refractivity (Wildman–Crippen MR) is 62.2 cm³/mol. The zero-order valence-corrected chi connectivity index (χ0v) is 10.2. The Balaban J connectivity index is 2.46. The molecule has 4 atom stereocenters. The van der Waals surface area contributed by atoms with Crippen LogP contribution in [0.3, 0.4) is 0 Å². The SMILES string of the molecule is CCC(C)CN1CCC(N)C(C)C1C. The number of piperidine rings is 1. The van der Waals surface area contributed by atoms with Crippen LogP contribution in [0.5, 0.6) is 0 Å². The van der Waals surface area contributed by atoms with Gasteiger partial charge in [0.15, 0.2) is 0 Å². The molecule has 0 aromatic rings. The van der Waals surface area contributed by atoms with Crippen molar-refractivity contribution in [1.29, 1.82) is 0 Å². The fraction of sp³-hybridized carbons (Fsp3) is 1.00. The van der Waals surface area contributed by atoms with Gasteiger partial charge in [0.2, 0.25) is 0 Å². The molecule has 1 aliphatic rings. The quantitative estimate of drug-likeness (QED) is 0.752. The van der Waals surface area contributed by atoms with Crippen molar-refractivity contribution in [1.82, 2.24) is 4.90 Å². The first-order chi connectivity index (χ1) is 6.56. The van der Waals surface area contributed by atoms with E-state index < -0.39 is 0 Å². The lowest BCUT2D eigenvalue weighted by Gasteiger charge is -2.42. The minimum absolute atomic E-state index is 0.415. The molecule has 1 saturated heterocycles. The van der Waals surface area contributed by atoms with Crippen LogP contribution in [0, 0.1) is 11.8 Å². The van der Waals surface area contributed by atoms with E-state index in [0.29, 0.717) is 18.0 Å². The van der Waals surface area contributed by atoms with E-state index in [1.165, 1.54) is 25.9 Å².